The van der Waals surface area contributed by atoms with Crippen LogP contribution in [0.5, 0.6) is 0 Å². The maximum Gasteiger partial charge on any atom is 0.306 e. The average Bonchev–Trinajstić information content (AvgIpc) is 2.80. The van der Waals surface area contributed by atoms with Gasteiger partial charge in [0.15, 0.2) is 0 Å². The first-order chi connectivity index (χ1) is 8.66. The SMILES string of the molecule is O=C(O)C[C@@H]1CN(C(=O)C2[C@H]3CCC[C@H]23)CCO1. The van der Waals surface area contributed by atoms with Crippen molar-refractivity contribution >= 4 is 11.9 Å². The van der Waals surface area contributed by atoms with E-state index >= 15 is 0 Å². The number of fused-ring (bicyclic) bond motifs is 1. The number of nitrogens with zero attached hydrogens (tertiary/aromatic N) is 1. The van der Waals surface area contributed by atoms with Crippen LogP contribution in [0.15, 0.2) is 0 Å². The Morgan fingerprint density at radius 2 is 2.00 bits per heavy atom. The monoisotopic (exact) mass is 253 g/mol. The Morgan fingerprint density at radius 3 is 2.67 bits per heavy atom. The second-order valence-corrected chi connectivity index (χ2v) is 5.66. The van der Waals surface area contributed by atoms with Crippen LogP contribution < -0.4 is 0 Å². The van der Waals surface area contributed by atoms with E-state index < -0.39 is 5.97 Å². The summed E-state index contributed by atoms with van der Waals surface area (Å²) in [5.41, 5.74) is 0. The Balaban J connectivity index is 1.55. The lowest BCUT2D eigenvalue weighted by Gasteiger charge is -2.32. The van der Waals surface area contributed by atoms with E-state index in [-0.39, 0.29) is 24.3 Å². The number of aliphatic carboxylic acids is 1. The molecule has 2 saturated carbocycles. The zero-order chi connectivity index (χ0) is 12.7. The Bertz CT molecular complexity index is 360. The van der Waals surface area contributed by atoms with Gasteiger partial charge in [-0.3, -0.25) is 9.59 Å². The molecule has 3 fully saturated rings. The smallest absolute Gasteiger partial charge is 0.306 e. The number of carboxylic acid groups (broad SMARTS) is 1. The average molecular weight is 253 g/mol. The van der Waals surface area contributed by atoms with Crippen molar-refractivity contribution in [2.45, 2.75) is 31.8 Å². The molecule has 0 bridgehead atoms. The van der Waals surface area contributed by atoms with E-state index in [1.54, 1.807) is 0 Å². The van der Waals surface area contributed by atoms with Crippen molar-refractivity contribution in [3.63, 3.8) is 0 Å². The fourth-order valence-corrected chi connectivity index (χ4v) is 3.64. The van der Waals surface area contributed by atoms with Gasteiger partial charge in [0.2, 0.25) is 5.91 Å². The Hall–Kier alpha value is -1.10. The number of morpholine rings is 1. The molecule has 1 amide bonds. The van der Waals surface area contributed by atoms with Crippen LogP contribution in [-0.4, -0.2) is 47.7 Å². The first-order valence-corrected chi connectivity index (χ1v) is 6.79. The summed E-state index contributed by atoms with van der Waals surface area (Å²) in [5.74, 6) is 0.861. The van der Waals surface area contributed by atoms with E-state index in [9.17, 15) is 9.59 Å². The molecule has 2 aliphatic carbocycles. The van der Waals surface area contributed by atoms with Crippen molar-refractivity contribution in [2.24, 2.45) is 17.8 Å². The summed E-state index contributed by atoms with van der Waals surface area (Å²) in [5, 5.41) is 8.76. The standard InChI is InChI=1S/C13H19NO4/c15-11(16)6-8-7-14(4-5-18-8)13(17)12-9-2-1-3-10(9)12/h8-10,12H,1-7H2,(H,15,16)/t8-,9+,10+/m1/s1. The second kappa shape index (κ2) is 4.53. The highest BCUT2D eigenvalue weighted by atomic mass is 16.5. The number of hydrogen-bond acceptors (Lipinski definition) is 3. The minimum absolute atomic E-state index is 0.0126. The highest BCUT2D eigenvalue weighted by Gasteiger charge is 2.57. The third-order valence-corrected chi connectivity index (χ3v) is 4.54. The minimum atomic E-state index is -0.863. The van der Waals surface area contributed by atoms with Crippen molar-refractivity contribution in [2.75, 3.05) is 19.7 Å². The van der Waals surface area contributed by atoms with E-state index in [2.05, 4.69) is 0 Å². The fraction of sp³-hybridized carbons (Fsp3) is 0.846. The second-order valence-electron chi connectivity index (χ2n) is 5.66. The molecule has 1 heterocycles. The molecular formula is C13H19NO4. The highest BCUT2D eigenvalue weighted by molar-refractivity contribution is 5.82. The van der Waals surface area contributed by atoms with Crippen LogP contribution in [0.3, 0.4) is 0 Å². The quantitative estimate of drug-likeness (QED) is 0.805. The van der Waals surface area contributed by atoms with E-state index in [4.69, 9.17) is 9.84 Å². The third kappa shape index (κ3) is 2.11. The summed E-state index contributed by atoms with van der Waals surface area (Å²) < 4.78 is 5.39. The maximum absolute atomic E-state index is 12.3. The Kier molecular flexibility index (Phi) is 3.01. The predicted octanol–water partition coefficient (Wildman–Crippen LogP) is 0.735. The third-order valence-electron chi connectivity index (χ3n) is 4.54. The molecular weight excluding hydrogens is 234 g/mol. The van der Waals surface area contributed by atoms with Crippen LogP contribution in [0.1, 0.15) is 25.7 Å². The van der Waals surface area contributed by atoms with Gasteiger partial charge in [-0.1, -0.05) is 6.42 Å². The van der Waals surface area contributed by atoms with Crippen LogP contribution in [-0.2, 0) is 14.3 Å². The number of carbonyl (C=O) groups excluding carboxylic acids is 1. The lowest BCUT2D eigenvalue weighted by atomic mass is 10.1. The number of amides is 1. The summed E-state index contributed by atoms with van der Waals surface area (Å²) in [4.78, 5) is 24.8. The van der Waals surface area contributed by atoms with Gasteiger partial charge in [0, 0.05) is 19.0 Å². The molecule has 0 spiro atoms. The van der Waals surface area contributed by atoms with Gasteiger partial charge in [-0.25, -0.2) is 0 Å². The normalized spacial score (nSPS) is 38.3. The number of rotatable bonds is 3. The topological polar surface area (TPSA) is 66.8 Å². The number of carboxylic acids is 1. The van der Waals surface area contributed by atoms with Crippen LogP contribution in [0.25, 0.3) is 0 Å². The first-order valence-electron chi connectivity index (χ1n) is 6.79. The largest absolute Gasteiger partial charge is 0.481 e. The van der Waals surface area contributed by atoms with Gasteiger partial charge in [0.05, 0.1) is 19.1 Å². The predicted molar refractivity (Wildman–Crippen MR) is 62.9 cm³/mol. The number of carbonyl (C=O) groups is 2. The zero-order valence-electron chi connectivity index (χ0n) is 10.4. The molecule has 3 rings (SSSR count). The van der Waals surface area contributed by atoms with Crippen molar-refractivity contribution in [3.05, 3.63) is 0 Å². The lowest BCUT2D eigenvalue weighted by Crippen LogP contribution is -2.47. The number of ether oxygens (including phenoxy) is 1. The van der Waals surface area contributed by atoms with Gasteiger partial charge >= 0.3 is 5.97 Å². The van der Waals surface area contributed by atoms with Crippen molar-refractivity contribution in [3.8, 4) is 0 Å². The molecule has 18 heavy (non-hydrogen) atoms. The van der Waals surface area contributed by atoms with Crippen molar-refractivity contribution in [1.29, 1.82) is 0 Å². The summed E-state index contributed by atoms with van der Waals surface area (Å²) in [6.45, 7) is 1.53. The van der Waals surface area contributed by atoms with E-state index in [1.807, 2.05) is 4.90 Å². The van der Waals surface area contributed by atoms with Crippen LogP contribution in [0.2, 0.25) is 0 Å². The summed E-state index contributed by atoms with van der Waals surface area (Å²) >= 11 is 0. The Morgan fingerprint density at radius 1 is 1.28 bits per heavy atom. The lowest BCUT2D eigenvalue weighted by molar-refractivity contribution is -0.148. The first kappa shape index (κ1) is 12.0. The van der Waals surface area contributed by atoms with E-state index in [1.165, 1.54) is 19.3 Å². The molecule has 0 aromatic rings. The summed E-state index contributed by atoms with van der Waals surface area (Å²) in [6.07, 6.45) is 3.32. The summed E-state index contributed by atoms with van der Waals surface area (Å²) in [7, 11) is 0. The molecule has 5 nitrogen and oxygen atoms in total. The summed E-state index contributed by atoms with van der Waals surface area (Å²) in [6, 6.07) is 0. The van der Waals surface area contributed by atoms with Crippen LogP contribution >= 0.6 is 0 Å². The van der Waals surface area contributed by atoms with Gasteiger partial charge in [-0.15, -0.1) is 0 Å². The molecule has 1 aliphatic heterocycles. The number of hydrogen-bond donors (Lipinski definition) is 1. The molecule has 5 heteroatoms. The highest BCUT2D eigenvalue weighted by Crippen LogP contribution is 2.58. The van der Waals surface area contributed by atoms with Gasteiger partial charge in [-0.2, -0.15) is 0 Å². The molecule has 100 valence electrons. The fourth-order valence-electron chi connectivity index (χ4n) is 3.64. The van der Waals surface area contributed by atoms with Gasteiger partial charge < -0.3 is 14.7 Å². The van der Waals surface area contributed by atoms with Crippen LogP contribution in [0.4, 0.5) is 0 Å². The molecule has 0 aromatic heterocycles. The molecule has 3 aliphatic rings. The molecule has 0 aromatic carbocycles. The van der Waals surface area contributed by atoms with Gasteiger partial charge in [0.25, 0.3) is 0 Å². The van der Waals surface area contributed by atoms with Crippen molar-refractivity contribution < 1.29 is 19.4 Å². The molecule has 0 radical (unpaired) electrons. The van der Waals surface area contributed by atoms with Gasteiger partial charge in [0.1, 0.15) is 0 Å². The van der Waals surface area contributed by atoms with Gasteiger partial charge in [-0.05, 0) is 24.7 Å². The maximum atomic E-state index is 12.3. The molecule has 1 saturated heterocycles. The minimum Gasteiger partial charge on any atom is -0.481 e. The molecule has 1 N–H and O–H groups in total. The van der Waals surface area contributed by atoms with Crippen LogP contribution in [0, 0.1) is 17.8 Å². The zero-order valence-corrected chi connectivity index (χ0v) is 10.4. The Labute approximate surface area is 106 Å². The molecule has 3 atom stereocenters. The van der Waals surface area contributed by atoms with E-state index in [0.717, 1.165) is 0 Å². The molecule has 0 unspecified atom stereocenters. The van der Waals surface area contributed by atoms with E-state index in [0.29, 0.717) is 31.5 Å². The van der Waals surface area contributed by atoms with Crippen molar-refractivity contribution in [1.82, 2.24) is 4.90 Å².